The molecule has 4 nitrogen and oxygen atoms in total. The minimum atomic E-state index is 0.761. The molecule has 1 fully saturated rings. The quantitative estimate of drug-likeness (QED) is 0.653. The van der Waals surface area contributed by atoms with Gasteiger partial charge in [-0.25, -0.2) is 0 Å². The van der Waals surface area contributed by atoms with Crippen LogP contribution in [0.15, 0.2) is 42.5 Å². The van der Waals surface area contributed by atoms with Crippen molar-refractivity contribution in [2.75, 3.05) is 42.3 Å². The summed E-state index contributed by atoms with van der Waals surface area (Å²) in [5.74, 6) is 0. The van der Waals surface area contributed by atoms with E-state index in [2.05, 4.69) is 48.4 Å². The van der Waals surface area contributed by atoms with Crippen LogP contribution in [0.3, 0.4) is 0 Å². The molecule has 0 atom stereocenters. The summed E-state index contributed by atoms with van der Waals surface area (Å²) in [6, 6.07) is 14.4. The molecule has 0 radical (unpaired) electrons. The highest BCUT2D eigenvalue weighted by Gasteiger charge is 2.11. The average Bonchev–Trinajstić information content (AvgIpc) is 2.52. The van der Waals surface area contributed by atoms with Gasteiger partial charge in [0.25, 0.3) is 0 Å². The summed E-state index contributed by atoms with van der Waals surface area (Å²) in [4.78, 5) is 2.34. The summed E-state index contributed by atoms with van der Waals surface area (Å²) in [6.07, 6.45) is 0. The van der Waals surface area contributed by atoms with E-state index in [9.17, 15) is 0 Å². The third-order valence-electron chi connectivity index (χ3n) is 3.71. The van der Waals surface area contributed by atoms with Crippen LogP contribution in [0.4, 0.5) is 22.7 Å². The van der Waals surface area contributed by atoms with Gasteiger partial charge in [-0.1, -0.05) is 17.6 Å². The van der Waals surface area contributed by atoms with Crippen molar-refractivity contribution < 1.29 is 4.74 Å². The summed E-state index contributed by atoms with van der Waals surface area (Å²) in [6.45, 7) is 3.47. The Morgan fingerprint density at radius 3 is 2.71 bits per heavy atom. The zero-order valence-electron chi connectivity index (χ0n) is 12.3. The number of ether oxygens (including phenoxy) is 1. The molecule has 0 aromatic heterocycles. The van der Waals surface area contributed by atoms with E-state index in [0.717, 1.165) is 43.4 Å². The molecule has 0 unspecified atom stereocenters. The van der Waals surface area contributed by atoms with Crippen LogP contribution in [-0.4, -0.2) is 34.1 Å². The Morgan fingerprint density at radius 2 is 1.90 bits per heavy atom. The van der Waals surface area contributed by atoms with Crippen LogP contribution in [-0.2, 0) is 4.74 Å². The smallest absolute Gasteiger partial charge is 0.139 e. The molecule has 2 aromatic rings. The van der Waals surface area contributed by atoms with Crippen LogP contribution >= 0.6 is 0 Å². The van der Waals surface area contributed by atoms with Gasteiger partial charge in [-0.05, 0) is 30.3 Å². The van der Waals surface area contributed by atoms with Crippen molar-refractivity contribution in [1.82, 2.24) is 0 Å². The van der Waals surface area contributed by atoms with Crippen molar-refractivity contribution in [3.8, 4) is 0 Å². The molecule has 108 valence electrons. The molecule has 1 saturated heterocycles. The van der Waals surface area contributed by atoms with E-state index in [1.54, 1.807) is 0 Å². The van der Waals surface area contributed by atoms with E-state index >= 15 is 0 Å². The lowest BCUT2D eigenvalue weighted by atomic mass is 9.95. The maximum absolute atomic E-state index is 6.03. The van der Waals surface area contributed by atoms with E-state index < -0.39 is 0 Å². The topological polar surface area (TPSA) is 50.5 Å². The molecule has 3 N–H and O–H groups in total. The number of nitrogen functional groups attached to an aromatic ring is 1. The van der Waals surface area contributed by atoms with Gasteiger partial charge in [0, 0.05) is 24.5 Å². The molecule has 0 aliphatic carbocycles. The number of hydrogen-bond donors (Lipinski definition) is 2. The van der Waals surface area contributed by atoms with Crippen LogP contribution in [0.2, 0.25) is 0 Å². The van der Waals surface area contributed by atoms with Gasteiger partial charge in [-0.3, -0.25) is 0 Å². The molecule has 21 heavy (non-hydrogen) atoms. The molecule has 1 aliphatic rings. The van der Waals surface area contributed by atoms with Crippen LogP contribution in [0.25, 0.3) is 0 Å². The fourth-order valence-electron chi connectivity index (χ4n) is 2.54. The van der Waals surface area contributed by atoms with E-state index in [4.69, 9.17) is 10.5 Å². The summed E-state index contributed by atoms with van der Waals surface area (Å²) in [5, 5.41) is 3.41. The first-order valence-electron chi connectivity index (χ1n) is 7.28. The van der Waals surface area contributed by atoms with Crippen molar-refractivity contribution in [2.24, 2.45) is 0 Å². The van der Waals surface area contributed by atoms with Crippen molar-refractivity contribution in [2.45, 2.75) is 0 Å². The van der Waals surface area contributed by atoms with Crippen LogP contribution in [0, 0.1) is 0 Å². The number of nitrogens with one attached hydrogen (secondary N) is 1. The first kappa shape index (κ1) is 13.8. The summed E-state index contributed by atoms with van der Waals surface area (Å²) in [5.41, 5.74) is 11.2. The van der Waals surface area contributed by atoms with E-state index in [1.807, 2.05) is 12.1 Å². The second-order valence-electron chi connectivity index (χ2n) is 5.37. The van der Waals surface area contributed by atoms with Crippen molar-refractivity contribution in [3.05, 3.63) is 42.5 Å². The Hall–Kier alpha value is -2.14. The minimum absolute atomic E-state index is 0.761. The van der Waals surface area contributed by atoms with Gasteiger partial charge >= 0.3 is 0 Å². The molecule has 5 heteroatoms. The highest BCUT2D eigenvalue weighted by Crippen LogP contribution is 2.25. The normalized spacial score (nSPS) is 15.0. The fraction of sp³-hybridized carbons (Fsp3) is 0.250. The monoisotopic (exact) mass is 281 g/mol. The highest BCUT2D eigenvalue weighted by atomic mass is 16.5. The third-order valence-corrected chi connectivity index (χ3v) is 3.71. The van der Waals surface area contributed by atoms with Gasteiger partial charge in [0.05, 0.1) is 24.6 Å². The van der Waals surface area contributed by atoms with Crippen LogP contribution < -0.4 is 21.4 Å². The number of anilines is 4. The predicted octanol–water partition coefficient (Wildman–Crippen LogP) is 1.11. The number of benzene rings is 2. The average molecular weight is 281 g/mol. The van der Waals surface area contributed by atoms with E-state index in [1.165, 1.54) is 11.2 Å². The largest absolute Gasteiger partial charge is 0.397 e. The van der Waals surface area contributed by atoms with Crippen molar-refractivity contribution in [3.63, 3.8) is 0 Å². The second kappa shape index (κ2) is 6.10. The van der Waals surface area contributed by atoms with Crippen molar-refractivity contribution in [1.29, 1.82) is 0 Å². The van der Waals surface area contributed by atoms with Crippen molar-refractivity contribution >= 4 is 36.1 Å². The molecule has 0 spiro atoms. The van der Waals surface area contributed by atoms with Gasteiger partial charge in [0.1, 0.15) is 7.85 Å². The zero-order chi connectivity index (χ0) is 14.7. The number of hydrogen-bond acceptors (Lipinski definition) is 4. The number of rotatable bonds is 3. The van der Waals surface area contributed by atoms with Gasteiger partial charge in [-0.15, -0.1) is 0 Å². The molecular formula is C16H20BN3O. The Bertz CT molecular complexity index is 627. The summed E-state index contributed by atoms with van der Waals surface area (Å²) in [7, 11) is 2.06. The standard InChI is InChI=1S/C16H20BN3O/c17-12-4-5-15(18)16(10-12)19-13-2-1-3-14(11-13)20-6-8-21-9-7-20/h1-5,10-11,19H,6-9,17-18H2. The first-order chi connectivity index (χ1) is 10.2. The lowest BCUT2D eigenvalue weighted by molar-refractivity contribution is 0.122. The first-order valence-corrected chi connectivity index (χ1v) is 7.28. The fourth-order valence-corrected chi connectivity index (χ4v) is 2.54. The van der Waals surface area contributed by atoms with E-state index in [-0.39, 0.29) is 0 Å². The number of nitrogens with two attached hydrogens (primary N) is 1. The van der Waals surface area contributed by atoms with Gasteiger partial charge in [0.2, 0.25) is 0 Å². The molecule has 3 rings (SSSR count). The van der Waals surface area contributed by atoms with E-state index in [0.29, 0.717) is 0 Å². The maximum Gasteiger partial charge on any atom is 0.139 e. The third kappa shape index (κ3) is 3.31. The molecule has 0 amide bonds. The number of nitrogens with zero attached hydrogens (tertiary/aromatic N) is 1. The van der Waals surface area contributed by atoms with Gasteiger partial charge < -0.3 is 20.7 Å². The molecule has 0 saturated carbocycles. The maximum atomic E-state index is 6.03. The Morgan fingerprint density at radius 1 is 1.10 bits per heavy atom. The van der Waals surface area contributed by atoms with Gasteiger partial charge in [0.15, 0.2) is 0 Å². The number of morpholine rings is 1. The predicted molar refractivity (Wildman–Crippen MR) is 91.8 cm³/mol. The van der Waals surface area contributed by atoms with Crippen LogP contribution in [0.1, 0.15) is 0 Å². The molecule has 1 heterocycles. The lowest BCUT2D eigenvalue weighted by Gasteiger charge is -2.29. The molecule has 2 aromatic carbocycles. The second-order valence-corrected chi connectivity index (χ2v) is 5.37. The van der Waals surface area contributed by atoms with Crippen LogP contribution in [0.5, 0.6) is 0 Å². The Balaban J connectivity index is 1.81. The lowest BCUT2D eigenvalue weighted by Crippen LogP contribution is -2.36. The molecule has 1 aliphatic heterocycles. The van der Waals surface area contributed by atoms with Gasteiger partial charge in [-0.2, -0.15) is 0 Å². The Labute approximate surface area is 126 Å². The minimum Gasteiger partial charge on any atom is -0.397 e. The Kier molecular flexibility index (Phi) is 4.02. The SMILES string of the molecule is Bc1ccc(N)c(Nc2cccc(N3CCOCC3)c2)c1. The molecular weight excluding hydrogens is 261 g/mol. The summed E-state index contributed by atoms with van der Waals surface area (Å²) >= 11 is 0. The summed E-state index contributed by atoms with van der Waals surface area (Å²) < 4.78 is 5.40. The highest BCUT2D eigenvalue weighted by molar-refractivity contribution is 6.32. The zero-order valence-corrected chi connectivity index (χ0v) is 12.3. The molecule has 0 bridgehead atoms.